The van der Waals surface area contributed by atoms with Gasteiger partial charge in [-0.2, -0.15) is 0 Å². The number of ether oxygens (including phenoxy) is 2. The molecule has 0 saturated heterocycles. The summed E-state index contributed by atoms with van der Waals surface area (Å²) in [6, 6.07) is 16.1. The maximum atomic E-state index is 11.9. The van der Waals surface area contributed by atoms with Gasteiger partial charge in [0.15, 0.2) is 0 Å². The van der Waals surface area contributed by atoms with Crippen molar-refractivity contribution < 1.29 is 19.1 Å². The maximum Gasteiger partial charge on any atom is 0.411 e. The summed E-state index contributed by atoms with van der Waals surface area (Å²) >= 11 is 0. The summed E-state index contributed by atoms with van der Waals surface area (Å²) in [7, 11) is 1.22. The minimum Gasteiger partial charge on any atom is -0.464 e. The van der Waals surface area contributed by atoms with Crippen LogP contribution in [-0.2, 0) is 14.3 Å². The summed E-state index contributed by atoms with van der Waals surface area (Å²) < 4.78 is 9.76. The Morgan fingerprint density at radius 1 is 1.04 bits per heavy atom. The van der Waals surface area contributed by atoms with Crippen molar-refractivity contribution >= 4 is 12.1 Å². The number of alkyl carbamates (subject to hydrolysis) is 1. The molecule has 2 aromatic carbocycles. The molecule has 1 amide bonds. The highest BCUT2D eigenvalue weighted by molar-refractivity contribution is 5.91. The molecule has 0 saturated carbocycles. The molecule has 0 aromatic heterocycles. The third-order valence-corrected chi connectivity index (χ3v) is 4.03. The zero-order valence-corrected chi connectivity index (χ0v) is 13.2. The fourth-order valence-corrected chi connectivity index (χ4v) is 2.93. The Morgan fingerprint density at radius 3 is 2.12 bits per heavy atom. The molecule has 0 aliphatic heterocycles. The predicted octanol–water partition coefficient (Wildman–Crippen LogP) is 3.21. The van der Waals surface area contributed by atoms with Crippen LogP contribution in [0.3, 0.4) is 0 Å². The van der Waals surface area contributed by atoms with Gasteiger partial charge in [-0.15, -0.1) is 0 Å². The van der Waals surface area contributed by atoms with E-state index in [1.165, 1.54) is 7.11 Å². The second kappa shape index (κ2) is 6.58. The molecule has 0 fully saturated rings. The molecule has 3 rings (SSSR count). The summed E-state index contributed by atoms with van der Waals surface area (Å²) in [4.78, 5) is 23.1. The summed E-state index contributed by atoms with van der Waals surface area (Å²) in [5.41, 5.74) is 4.40. The standard InChI is InChI=1S/C19H17NO4/c1-12(18(21)23-2)20-19(22)24-11-17-15-9-5-3-7-13(15)14-8-4-6-10-16(14)17/h3-10,17H,1,11H2,2H3,(H,20,22). The monoisotopic (exact) mass is 323 g/mol. The molecule has 5 heteroatoms. The number of hydrogen-bond acceptors (Lipinski definition) is 4. The van der Waals surface area contributed by atoms with Crippen molar-refractivity contribution in [1.29, 1.82) is 0 Å². The highest BCUT2D eigenvalue weighted by Gasteiger charge is 2.29. The lowest BCUT2D eigenvalue weighted by atomic mass is 9.98. The van der Waals surface area contributed by atoms with Gasteiger partial charge in [0, 0.05) is 5.92 Å². The fraction of sp³-hybridized carbons (Fsp3) is 0.158. The molecule has 5 nitrogen and oxygen atoms in total. The van der Waals surface area contributed by atoms with Crippen LogP contribution in [0, 0.1) is 0 Å². The van der Waals surface area contributed by atoms with Crippen LogP contribution in [-0.4, -0.2) is 25.8 Å². The van der Waals surface area contributed by atoms with E-state index in [1.807, 2.05) is 36.4 Å². The van der Waals surface area contributed by atoms with Gasteiger partial charge in [-0.25, -0.2) is 9.59 Å². The molecule has 1 aliphatic rings. The van der Waals surface area contributed by atoms with E-state index in [2.05, 4.69) is 28.8 Å². The molecule has 0 radical (unpaired) electrons. The molecular weight excluding hydrogens is 306 g/mol. The number of benzene rings is 2. The lowest BCUT2D eigenvalue weighted by Gasteiger charge is -2.14. The Labute approximate surface area is 139 Å². The lowest BCUT2D eigenvalue weighted by molar-refractivity contribution is -0.136. The van der Waals surface area contributed by atoms with E-state index in [9.17, 15) is 9.59 Å². The quantitative estimate of drug-likeness (QED) is 0.693. The Hall–Kier alpha value is -3.08. The number of nitrogens with one attached hydrogen (secondary N) is 1. The molecule has 2 aromatic rings. The first-order chi connectivity index (χ1) is 11.6. The molecule has 1 aliphatic carbocycles. The number of amides is 1. The van der Waals surface area contributed by atoms with Crippen LogP contribution in [0.4, 0.5) is 4.79 Å². The van der Waals surface area contributed by atoms with Crippen LogP contribution in [0.1, 0.15) is 17.0 Å². The van der Waals surface area contributed by atoms with Crippen LogP contribution >= 0.6 is 0 Å². The number of carbonyl (C=O) groups is 2. The summed E-state index contributed by atoms with van der Waals surface area (Å²) in [5, 5.41) is 2.27. The number of carbonyl (C=O) groups excluding carboxylic acids is 2. The molecule has 122 valence electrons. The smallest absolute Gasteiger partial charge is 0.411 e. The van der Waals surface area contributed by atoms with E-state index >= 15 is 0 Å². The normalized spacial score (nSPS) is 12.0. The first-order valence-corrected chi connectivity index (χ1v) is 7.51. The van der Waals surface area contributed by atoms with Crippen LogP contribution in [0.5, 0.6) is 0 Å². The Morgan fingerprint density at radius 2 is 1.58 bits per heavy atom. The van der Waals surface area contributed by atoms with Crippen molar-refractivity contribution in [3.8, 4) is 11.1 Å². The van der Waals surface area contributed by atoms with Crippen molar-refractivity contribution in [2.24, 2.45) is 0 Å². The van der Waals surface area contributed by atoms with Crippen molar-refractivity contribution in [3.63, 3.8) is 0 Å². The van der Waals surface area contributed by atoms with Crippen LogP contribution < -0.4 is 5.32 Å². The summed E-state index contributed by atoms with van der Waals surface area (Å²) in [6.45, 7) is 3.61. The van der Waals surface area contributed by atoms with Gasteiger partial charge < -0.3 is 9.47 Å². The average molecular weight is 323 g/mol. The minimum absolute atomic E-state index is 0.0328. The fourth-order valence-electron chi connectivity index (χ4n) is 2.93. The van der Waals surface area contributed by atoms with E-state index in [4.69, 9.17) is 4.74 Å². The highest BCUT2D eigenvalue weighted by Crippen LogP contribution is 2.44. The number of fused-ring (bicyclic) bond motifs is 3. The lowest BCUT2D eigenvalue weighted by Crippen LogP contribution is -2.29. The third kappa shape index (κ3) is 2.88. The predicted molar refractivity (Wildman–Crippen MR) is 89.4 cm³/mol. The first kappa shape index (κ1) is 15.8. The van der Waals surface area contributed by atoms with Crippen molar-refractivity contribution in [1.82, 2.24) is 5.32 Å². The molecule has 0 spiro atoms. The maximum absolute atomic E-state index is 11.9. The minimum atomic E-state index is -0.729. The third-order valence-electron chi connectivity index (χ3n) is 4.03. The molecule has 1 N–H and O–H groups in total. The van der Waals surface area contributed by atoms with Crippen LogP contribution in [0.2, 0.25) is 0 Å². The Bertz CT molecular complexity index is 767. The van der Waals surface area contributed by atoms with Gasteiger partial charge in [0.1, 0.15) is 12.3 Å². The number of methoxy groups -OCH3 is 1. The van der Waals surface area contributed by atoms with E-state index in [-0.39, 0.29) is 18.2 Å². The zero-order valence-electron chi connectivity index (χ0n) is 13.2. The second-order valence-corrected chi connectivity index (χ2v) is 5.42. The first-order valence-electron chi connectivity index (χ1n) is 7.51. The van der Waals surface area contributed by atoms with Gasteiger partial charge in [0.25, 0.3) is 0 Å². The number of hydrogen-bond donors (Lipinski definition) is 1. The molecule has 24 heavy (non-hydrogen) atoms. The van der Waals surface area contributed by atoms with E-state index in [0.29, 0.717) is 0 Å². The molecule has 0 atom stereocenters. The van der Waals surface area contributed by atoms with E-state index < -0.39 is 12.1 Å². The van der Waals surface area contributed by atoms with Gasteiger partial charge in [-0.1, -0.05) is 55.1 Å². The summed E-state index contributed by atoms with van der Waals surface area (Å²) in [6.07, 6.45) is -0.729. The van der Waals surface area contributed by atoms with Gasteiger partial charge in [0.2, 0.25) is 0 Å². The van der Waals surface area contributed by atoms with Gasteiger partial charge in [0.05, 0.1) is 7.11 Å². The SMILES string of the molecule is C=C(NC(=O)OCC1c2ccccc2-c2ccccc21)C(=O)OC. The largest absolute Gasteiger partial charge is 0.464 e. The van der Waals surface area contributed by atoms with Gasteiger partial charge in [-0.3, -0.25) is 5.32 Å². The molecule has 0 bridgehead atoms. The Balaban J connectivity index is 1.73. The average Bonchev–Trinajstić information content (AvgIpc) is 2.93. The summed E-state index contributed by atoms with van der Waals surface area (Å²) in [5.74, 6) is -0.738. The number of rotatable bonds is 4. The molecule has 0 unspecified atom stereocenters. The second-order valence-electron chi connectivity index (χ2n) is 5.42. The Kier molecular flexibility index (Phi) is 4.33. The van der Waals surface area contributed by atoms with Gasteiger partial charge in [-0.05, 0) is 22.3 Å². The topological polar surface area (TPSA) is 64.6 Å². The van der Waals surface area contributed by atoms with Gasteiger partial charge >= 0.3 is 12.1 Å². The number of esters is 1. The zero-order chi connectivity index (χ0) is 17.1. The van der Waals surface area contributed by atoms with E-state index in [0.717, 1.165) is 22.3 Å². The molecule has 0 heterocycles. The van der Waals surface area contributed by atoms with E-state index in [1.54, 1.807) is 0 Å². The van der Waals surface area contributed by atoms with Crippen LogP contribution in [0.25, 0.3) is 11.1 Å². The van der Waals surface area contributed by atoms with Crippen LogP contribution in [0.15, 0.2) is 60.8 Å². The van der Waals surface area contributed by atoms with Crippen molar-refractivity contribution in [2.75, 3.05) is 13.7 Å². The van der Waals surface area contributed by atoms with Crippen molar-refractivity contribution in [2.45, 2.75) is 5.92 Å². The van der Waals surface area contributed by atoms with Crippen molar-refractivity contribution in [3.05, 3.63) is 71.9 Å². The molecular formula is C19H17NO4. The highest BCUT2D eigenvalue weighted by atomic mass is 16.6.